The van der Waals surface area contributed by atoms with Crippen molar-refractivity contribution in [3.63, 3.8) is 0 Å². The number of carbonyl (C=O) groups is 1. The van der Waals surface area contributed by atoms with Crippen LogP contribution in [0.4, 0.5) is 0 Å². The minimum Gasteiger partial charge on any atom is -0.481 e. The van der Waals surface area contributed by atoms with Crippen molar-refractivity contribution >= 4 is 5.97 Å². The van der Waals surface area contributed by atoms with Crippen molar-refractivity contribution < 1.29 is 47.5 Å². The van der Waals surface area contributed by atoms with Gasteiger partial charge in [-0.3, -0.25) is 4.79 Å². The van der Waals surface area contributed by atoms with Gasteiger partial charge < -0.3 is 5.11 Å². The molecule has 0 heterocycles. The summed E-state index contributed by atoms with van der Waals surface area (Å²) >= 11 is 0. The number of rotatable bonds is 0. The molecule has 0 rings (SSSR count). The second-order valence-electron chi connectivity index (χ2n) is 0.519. The van der Waals surface area contributed by atoms with E-state index in [1.807, 2.05) is 0 Å². The van der Waals surface area contributed by atoms with Crippen LogP contribution in [0.15, 0.2) is 0 Å². The molecular formula is C2H4MoNiO2. The molecule has 0 amide bonds. The molecule has 0 saturated carbocycles. The molecule has 0 fully saturated rings. The molecular weight excluding hydrogens is 211 g/mol. The average Bonchev–Trinajstić information content (AvgIpc) is 0.811. The van der Waals surface area contributed by atoms with Gasteiger partial charge in [-0.1, -0.05) is 0 Å². The summed E-state index contributed by atoms with van der Waals surface area (Å²) < 4.78 is 0. The van der Waals surface area contributed by atoms with Crippen LogP contribution in [0.3, 0.4) is 0 Å². The Labute approximate surface area is 60.5 Å². The summed E-state index contributed by atoms with van der Waals surface area (Å²) in [4.78, 5) is 9.00. The molecule has 0 aliphatic rings. The third kappa shape index (κ3) is 146. The fourth-order valence-electron chi connectivity index (χ4n) is 0. The number of hydrogen-bond acceptors (Lipinski definition) is 1. The van der Waals surface area contributed by atoms with E-state index in [2.05, 4.69) is 0 Å². The topological polar surface area (TPSA) is 37.3 Å². The first-order chi connectivity index (χ1) is 1.73. The van der Waals surface area contributed by atoms with Gasteiger partial charge in [0.15, 0.2) is 0 Å². The molecule has 0 atom stereocenters. The molecule has 0 unspecified atom stereocenters. The maximum atomic E-state index is 9.00. The Morgan fingerprint density at radius 3 is 1.67 bits per heavy atom. The first-order valence-electron chi connectivity index (χ1n) is 0.928. The standard InChI is InChI=1S/C2H4O2.Mo.Ni/c1-2(3)4;;/h1H3,(H,3,4);;. The molecule has 6 heavy (non-hydrogen) atoms. The Hall–Kier alpha value is 0.652. The maximum Gasteiger partial charge on any atom is 0.300 e. The fraction of sp³-hybridized carbons (Fsp3) is 0.500. The zero-order valence-corrected chi connectivity index (χ0v) is 6.07. The molecule has 0 aromatic rings. The van der Waals surface area contributed by atoms with E-state index in [0.717, 1.165) is 6.92 Å². The molecule has 0 bridgehead atoms. The molecule has 0 aromatic carbocycles. The Bertz CT molecular complexity index is 34.5. The van der Waals surface area contributed by atoms with E-state index in [1.165, 1.54) is 0 Å². The van der Waals surface area contributed by atoms with Crippen molar-refractivity contribution in [1.29, 1.82) is 0 Å². The molecule has 0 aliphatic carbocycles. The second-order valence-corrected chi connectivity index (χ2v) is 0.519. The van der Waals surface area contributed by atoms with E-state index in [-0.39, 0.29) is 37.6 Å². The Balaban J connectivity index is -0.0000000450. The van der Waals surface area contributed by atoms with E-state index in [4.69, 9.17) is 9.90 Å². The van der Waals surface area contributed by atoms with Crippen LogP contribution >= 0.6 is 0 Å². The zero-order valence-electron chi connectivity index (χ0n) is 3.08. The van der Waals surface area contributed by atoms with Crippen LogP contribution in [0.1, 0.15) is 6.92 Å². The molecule has 1 N–H and O–H groups in total. The van der Waals surface area contributed by atoms with Crippen molar-refractivity contribution in [1.82, 2.24) is 0 Å². The number of carboxylic acid groups (broad SMARTS) is 1. The van der Waals surface area contributed by atoms with Gasteiger partial charge in [0.2, 0.25) is 0 Å². The summed E-state index contributed by atoms with van der Waals surface area (Å²) in [6, 6.07) is 0. The third-order valence-electron chi connectivity index (χ3n) is 0. The van der Waals surface area contributed by atoms with E-state index in [9.17, 15) is 0 Å². The first kappa shape index (κ1) is 15.9. The minimum atomic E-state index is -0.833. The summed E-state index contributed by atoms with van der Waals surface area (Å²) in [7, 11) is 0. The van der Waals surface area contributed by atoms with E-state index in [1.54, 1.807) is 0 Å². The molecule has 40 valence electrons. The van der Waals surface area contributed by atoms with E-state index >= 15 is 0 Å². The summed E-state index contributed by atoms with van der Waals surface area (Å²) in [6.45, 7) is 1.08. The van der Waals surface area contributed by atoms with Gasteiger partial charge in [0.25, 0.3) is 5.97 Å². The Kier molecular flexibility index (Phi) is 24.4. The van der Waals surface area contributed by atoms with Crippen LogP contribution in [0.2, 0.25) is 0 Å². The Morgan fingerprint density at radius 2 is 1.67 bits per heavy atom. The summed E-state index contributed by atoms with van der Waals surface area (Å²) in [6.07, 6.45) is 0. The van der Waals surface area contributed by atoms with Crippen LogP contribution in [0.25, 0.3) is 0 Å². The van der Waals surface area contributed by atoms with Gasteiger partial charge in [-0.05, 0) is 0 Å². The van der Waals surface area contributed by atoms with Crippen LogP contribution in [0.5, 0.6) is 0 Å². The predicted octanol–water partition coefficient (Wildman–Crippen LogP) is 0.0859. The SMILES string of the molecule is CC(=O)O.[Mo].[Ni]. The van der Waals surface area contributed by atoms with Crippen LogP contribution in [0, 0.1) is 0 Å². The van der Waals surface area contributed by atoms with E-state index in [0.29, 0.717) is 0 Å². The summed E-state index contributed by atoms with van der Waals surface area (Å²) in [5, 5.41) is 7.42. The molecule has 2 nitrogen and oxygen atoms in total. The predicted molar refractivity (Wildman–Crippen MR) is 13.3 cm³/mol. The van der Waals surface area contributed by atoms with Gasteiger partial charge in [0.1, 0.15) is 0 Å². The van der Waals surface area contributed by atoms with Gasteiger partial charge in [0.05, 0.1) is 0 Å². The van der Waals surface area contributed by atoms with Crippen LogP contribution < -0.4 is 0 Å². The van der Waals surface area contributed by atoms with Crippen molar-refractivity contribution in [2.24, 2.45) is 0 Å². The number of aliphatic carboxylic acids is 1. The fourth-order valence-corrected chi connectivity index (χ4v) is 0. The molecule has 0 aromatic heterocycles. The quantitative estimate of drug-likeness (QED) is 0.581. The molecule has 0 saturated heterocycles. The zero-order chi connectivity index (χ0) is 3.58. The normalized spacial score (nSPS) is 4.17. The Morgan fingerprint density at radius 1 is 1.67 bits per heavy atom. The third-order valence-corrected chi connectivity index (χ3v) is 0. The van der Waals surface area contributed by atoms with Crippen LogP contribution in [-0.4, -0.2) is 11.1 Å². The van der Waals surface area contributed by atoms with Gasteiger partial charge >= 0.3 is 0 Å². The van der Waals surface area contributed by atoms with E-state index < -0.39 is 5.97 Å². The van der Waals surface area contributed by atoms with Crippen molar-refractivity contribution in [2.45, 2.75) is 6.92 Å². The van der Waals surface area contributed by atoms with Gasteiger partial charge in [-0.2, -0.15) is 0 Å². The van der Waals surface area contributed by atoms with Crippen molar-refractivity contribution in [3.05, 3.63) is 0 Å². The van der Waals surface area contributed by atoms with Crippen LogP contribution in [-0.2, 0) is 42.4 Å². The summed E-state index contributed by atoms with van der Waals surface area (Å²) in [5.41, 5.74) is 0. The maximum absolute atomic E-state index is 9.00. The van der Waals surface area contributed by atoms with Gasteiger partial charge in [-0.25, -0.2) is 0 Å². The second kappa shape index (κ2) is 9.17. The number of hydrogen-bond donors (Lipinski definition) is 1. The van der Waals surface area contributed by atoms with Gasteiger partial charge in [-0.15, -0.1) is 0 Å². The first-order valence-corrected chi connectivity index (χ1v) is 0.928. The van der Waals surface area contributed by atoms with Crippen molar-refractivity contribution in [2.75, 3.05) is 0 Å². The molecule has 4 heteroatoms. The monoisotopic (exact) mass is 216 g/mol. The minimum absolute atomic E-state index is 0. The molecule has 0 aliphatic heterocycles. The molecule has 0 spiro atoms. The largest absolute Gasteiger partial charge is 0.481 e. The average molecular weight is 215 g/mol. The molecule has 0 radical (unpaired) electrons. The summed E-state index contributed by atoms with van der Waals surface area (Å²) in [5.74, 6) is -0.833. The smallest absolute Gasteiger partial charge is 0.300 e. The van der Waals surface area contributed by atoms with Gasteiger partial charge in [0, 0.05) is 44.5 Å². The van der Waals surface area contributed by atoms with Crippen molar-refractivity contribution in [3.8, 4) is 0 Å². The number of carboxylic acids is 1.